The summed E-state index contributed by atoms with van der Waals surface area (Å²) in [4.78, 5) is 14.0. The van der Waals surface area contributed by atoms with E-state index in [9.17, 15) is 0 Å². The van der Waals surface area contributed by atoms with E-state index in [0.717, 1.165) is 85.0 Å². The molecule has 2 aromatic carbocycles. The Kier molecular flexibility index (Phi) is 8.14. The third-order valence-corrected chi connectivity index (χ3v) is 7.75. The van der Waals surface area contributed by atoms with Gasteiger partial charge in [-0.25, -0.2) is 9.97 Å². The van der Waals surface area contributed by atoms with Crippen LogP contribution in [0.25, 0.3) is 11.3 Å². The van der Waals surface area contributed by atoms with Crippen LogP contribution in [0.1, 0.15) is 43.2 Å². The van der Waals surface area contributed by atoms with Gasteiger partial charge in [0.2, 0.25) is 5.95 Å². The molecule has 4 aromatic rings. The van der Waals surface area contributed by atoms with Crippen LogP contribution in [0.3, 0.4) is 0 Å². The van der Waals surface area contributed by atoms with Gasteiger partial charge in [0.1, 0.15) is 12.4 Å². The summed E-state index contributed by atoms with van der Waals surface area (Å²) in [7, 11) is 0. The summed E-state index contributed by atoms with van der Waals surface area (Å²) in [6.07, 6.45) is 13.5. The van der Waals surface area contributed by atoms with E-state index in [-0.39, 0.29) is 12.1 Å². The zero-order chi connectivity index (χ0) is 28.7. The van der Waals surface area contributed by atoms with Gasteiger partial charge in [-0.1, -0.05) is 54.3 Å². The molecule has 2 N–H and O–H groups in total. The number of fused-ring (bicyclic) bond motifs is 2. The van der Waals surface area contributed by atoms with Gasteiger partial charge in [-0.3, -0.25) is 0 Å². The number of aromatic nitrogens is 4. The second kappa shape index (κ2) is 12.6. The smallest absolute Gasteiger partial charge is 0.225 e. The molecule has 8 heteroatoms. The normalized spacial score (nSPS) is 17.3. The highest BCUT2D eigenvalue weighted by atomic mass is 16.5. The van der Waals surface area contributed by atoms with Crippen molar-refractivity contribution in [1.82, 2.24) is 20.2 Å². The second-order valence-corrected chi connectivity index (χ2v) is 10.6. The lowest BCUT2D eigenvalue weighted by Gasteiger charge is -2.42. The summed E-state index contributed by atoms with van der Waals surface area (Å²) < 4.78 is 6.20. The first kappa shape index (κ1) is 27.1. The summed E-state index contributed by atoms with van der Waals surface area (Å²) in [6, 6.07) is 20.6. The fraction of sp³-hybridized carbons (Fsp3) is 0.294. The Labute approximate surface area is 247 Å². The van der Waals surface area contributed by atoms with Crippen LogP contribution in [-0.2, 0) is 6.61 Å². The third-order valence-electron chi connectivity index (χ3n) is 7.75. The van der Waals surface area contributed by atoms with Crippen molar-refractivity contribution in [3.8, 4) is 41.2 Å². The highest BCUT2D eigenvalue weighted by Crippen LogP contribution is 2.38. The van der Waals surface area contributed by atoms with Crippen molar-refractivity contribution >= 4 is 17.5 Å². The number of anilines is 3. The van der Waals surface area contributed by atoms with Crippen LogP contribution < -0.4 is 20.3 Å². The number of hydrogen-bond acceptors (Lipinski definition) is 8. The molecule has 0 aliphatic carbocycles. The predicted molar refractivity (Wildman–Crippen MR) is 166 cm³/mol. The molecule has 2 aromatic heterocycles. The van der Waals surface area contributed by atoms with Gasteiger partial charge in [0.25, 0.3) is 0 Å². The van der Waals surface area contributed by atoms with Gasteiger partial charge in [-0.15, -0.1) is 22.5 Å². The monoisotopic (exact) mass is 555 g/mol. The highest BCUT2D eigenvalue weighted by Gasteiger charge is 2.42. The van der Waals surface area contributed by atoms with E-state index in [0.29, 0.717) is 12.4 Å². The maximum atomic E-state index is 6.40. The Bertz CT molecular complexity index is 1610. The Morgan fingerprint density at radius 3 is 2.43 bits per heavy atom. The quantitative estimate of drug-likeness (QED) is 0.237. The Hall–Kier alpha value is -5.08. The molecule has 8 nitrogen and oxygen atoms in total. The van der Waals surface area contributed by atoms with E-state index in [2.05, 4.69) is 59.9 Å². The summed E-state index contributed by atoms with van der Waals surface area (Å²) in [5, 5.41) is 8.81. The number of unbranched alkanes of at least 4 members (excludes halogenated alkanes) is 2. The molecule has 42 heavy (non-hydrogen) atoms. The lowest BCUT2D eigenvalue weighted by molar-refractivity contribution is 0.307. The van der Waals surface area contributed by atoms with Crippen molar-refractivity contribution in [1.29, 1.82) is 0 Å². The number of rotatable bonds is 8. The molecular formula is C34H33N7O. The number of nitrogens with two attached hydrogens (primary N) is 1. The number of terminal acetylenes is 1. The predicted octanol–water partition coefficient (Wildman–Crippen LogP) is 5.11. The summed E-state index contributed by atoms with van der Waals surface area (Å²) in [5.74, 6) is 10.9. The van der Waals surface area contributed by atoms with Gasteiger partial charge in [0.15, 0.2) is 5.82 Å². The Morgan fingerprint density at radius 1 is 0.929 bits per heavy atom. The largest absolute Gasteiger partial charge is 0.488 e. The Balaban J connectivity index is 1.17. The molecule has 2 bridgehead atoms. The number of hydrogen-bond donors (Lipinski definition) is 1. The number of nitrogen functional groups attached to an aromatic ring is 1. The van der Waals surface area contributed by atoms with Crippen molar-refractivity contribution in [3.63, 3.8) is 0 Å². The number of nitrogens with zero attached hydrogens (tertiary/aromatic N) is 6. The molecule has 2 atom stereocenters. The highest BCUT2D eigenvalue weighted by molar-refractivity contribution is 5.74. The average Bonchev–Trinajstić information content (AvgIpc) is 3.30. The number of ether oxygens (including phenoxy) is 1. The first-order chi connectivity index (χ1) is 20.7. The van der Waals surface area contributed by atoms with Crippen LogP contribution in [0.4, 0.5) is 17.5 Å². The van der Waals surface area contributed by atoms with Gasteiger partial charge in [-0.2, -0.15) is 0 Å². The van der Waals surface area contributed by atoms with Crippen LogP contribution >= 0.6 is 0 Å². The van der Waals surface area contributed by atoms with Crippen LogP contribution in [0.15, 0.2) is 73.1 Å². The molecule has 4 heterocycles. The average molecular weight is 556 g/mol. The van der Waals surface area contributed by atoms with E-state index in [1.807, 2.05) is 60.9 Å². The van der Waals surface area contributed by atoms with Gasteiger partial charge < -0.3 is 20.3 Å². The molecule has 2 saturated heterocycles. The summed E-state index contributed by atoms with van der Waals surface area (Å²) in [5.41, 5.74) is 10.8. The fourth-order valence-electron chi connectivity index (χ4n) is 5.70. The van der Waals surface area contributed by atoms with Gasteiger partial charge in [0.05, 0.1) is 16.9 Å². The molecule has 6 rings (SSSR count). The molecule has 2 aliphatic heterocycles. The summed E-state index contributed by atoms with van der Waals surface area (Å²) in [6.45, 7) is 2.08. The molecule has 0 spiro atoms. The van der Waals surface area contributed by atoms with E-state index >= 15 is 0 Å². The number of benzene rings is 2. The molecule has 2 unspecified atom stereocenters. The molecule has 2 fully saturated rings. The van der Waals surface area contributed by atoms with Crippen LogP contribution in [0.5, 0.6) is 5.75 Å². The van der Waals surface area contributed by atoms with Crippen molar-refractivity contribution < 1.29 is 4.74 Å². The lowest BCUT2D eigenvalue weighted by Crippen LogP contribution is -2.54. The molecule has 0 radical (unpaired) electrons. The molecule has 2 aliphatic rings. The first-order valence-corrected chi connectivity index (χ1v) is 14.4. The standard InChI is InChI=1S/C34H33N7O/c1-2-3-4-5-7-14-26-20-36-34(37-21-26)41-27-17-18-28(41)23-40(22-27)31-19-30(38-39-33(31)35)29-15-10-11-16-32(29)42-24-25-12-8-6-9-13-25/h1,6,8-13,15-16,19-21,27-28H,3-5,17-18,22-24H2,(H2,35,39). The van der Waals surface area contributed by atoms with E-state index in [1.165, 1.54) is 0 Å². The minimum absolute atomic E-state index is 0.280. The first-order valence-electron chi connectivity index (χ1n) is 14.4. The van der Waals surface area contributed by atoms with Gasteiger partial charge in [-0.05, 0) is 43.0 Å². The molecular weight excluding hydrogens is 522 g/mol. The van der Waals surface area contributed by atoms with Gasteiger partial charge in [0, 0.05) is 56.0 Å². The van der Waals surface area contributed by atoms with E-state index in [1.54, 1.807) is 0 Å². The van der Waals surface area contributed by atoms with Crippen molar-refractivity contribution in [2.75, 3.05) is 28.6 Å². The van der Waals surface area contributed by atoms with Crippen molar-refractivity contribution in [3.05, 3.63) is 84.2 Å². The van der Waals surface area contributed by atoms with Crippen molar-refractivity contribution in [2.24, 2.45) is 0 Å². The van der Waals surface area contributed by atoms with Crippen LogP contribution in [0, 0.1) is 24.2 Å². The SMILES string of the molecule is C#CCCCC#Cc1cnc(N2C3CCC2CN(c2cc(-c4ccccc4OCc4ccccc4)nnc2N)C3)nc1. The Morgan fingerprint density at radius 2 is 1.67 bits per heavy atom. The van der Waals surface area contributed by atoms with Crippen LogP contribution in [0.2, 0.25) is 0 Å². The zero-order valence-electron chi connectivity index (χ0n) is 23.5. The van der Waals surface area contributed by atoms with E-state index < -0.39 is 0 Å². The minimum Gasteiger partial charge on any atom is -0.488 e. The van der Waals surface area contributed by atoms with E-state index in [4.69, 9.17) is 16.9 Å². The molecule has 0 amide bonds. The van der Waals surface area contributed by atoms with Gasteiger partial charge >= 0.3 is 0 Å². The fourth-order valence-corrected chi connectivity index (χ4v) is 5.70. The van der Waals surface area contributed by atoms with Crippen molar-refractivity contribution in [2.45, 2.75) is 50.8 Å². The topological polar surface area (TPSA) is 93.3 Å². The zero-order valence-corrected chi connectivity index (χ0v) is 23.5. The van der Waals surface area contributed by atoms with Crippen LogP contribution in [-0.4, -0.2) is 45.3 Å². The number of piperazine rings is 1. The lowest BCUT2D eigenvalue weighted by atomic mass is 10.1. The summed E-state index contributed by atoms with van der Waals surface area (Å²) >= 11 is 0. The molecule has 0 saturated carbocycles. The maximum absolute atomic E-state index is 6.40. The maximum Gasteiger partial charge on any atom is 0.225 e. The number of para-hydroxylation sites is 1. The second-order valence-electron chi connectivity index (χ2n) is 10.6. The molecule has 210 valence electrons. The minimum atomic E-state index is 0.280. The third kappa shape index (κ3) is 5.99.